The molecule has 2 aliphatic rings. The number of nitrogens with zero attached hydrogens (tertiary/aromatic N) is 3. The van der Waals surface area contributed by atoms with Gasteiger partial charge in [-0.15, -0.1) is 5.10 Å². The predicted molar refractivity (Wildman–Crippen MR) is 78.8 cm³/mol. The number of piperidine rings is 1. The van der Waals surface area contributed by atoms with Gasteiger partial charge in [0.2, 0.25) is 5.91 Å². The second-order valence-electron chi connectivity index (χ2n) is 6.00. The lowest BCUT2D eigenvalue weighted by atomic mass is 9.90. The molecule has 114 valence electrons. The maximum absolute atomic E-state index is 11.2. The Labute approximate surface area is 124 Å². The summed E-state index contributed by atoms with van der Waals surface area (Å²) in [4.78, 5) is 13.4. The Hall–Kier alpha value is -1.69. The largest absolute Gasteiger partial charge is 0.367 e. The van der Waals surface area contributed by atoms with Crippen molar-refractivity contribution in [1.29, 1.82) is 0 Å². The first-order valence-corrected chi connectivity index (χ1v) is 7.63. The summed E-state index contributed by atoms with van der Waals surface area (Å²) in [5, 5.41) is 8.36. The predicted octanol–water partition coefficient (Wildman–Crippen LogP) is 1.03. The van der Waals surface area contributed by atoms with E-state index in [1.165, 1.54) is 0 Å². The van der Waals surface area contributed by atoms with Crippen LogP contribution in [0.2, 0.25) is 0 Å². The summed E-state index contributed by atoms with van der Waals surface area (Å²) in [5.41, 5.74) is 6.25. The molecule has 6 heteroatoms. The topological polar surface area (TPSA) is 81.3 Å². The molecule has 21 heavy (non-hydrogen) atoms. The fraction of sp³-hybridized carbons (Fsp3) is 0.667. The molecule has 0 unspecified atom stereocenters. The van der Waals surface area contributed by atoms with E-state index < -0.39 is 0 Å². The Balaban J connectivity index is 1.53. The van der Waals surface area contributed by atoms with E-state index in [2.05, 4.69) is 15.1 Å². The Morgan fingerprint density at radius 2 is 2.00 bits per heavy atom. The molecule has 2 N–H and O–H groups in total. The van der Waals surface area contributed by atoms with Crippen molar-refractivity contribution in [2.45, 2.75) is 44.8 Å². The fourth-order valence-electron chi connectivity index (χ4n) is 3.28. The first kappa shape index (κ1) is 14.3. The highest BCUT2D eigenvalue weighted by molar-refractivity contribution is 5.79. The standard InChI is InChI=1S/C15H22N4O2/c1-10-2-5-14(18-17-10)19-8-6-11(7-9-19)12-3-4-13(21-12)15(16)20/h2,5,11-13H,3-4,6-9H2,1H3,(H2,16,20)/t12-,13+/m0/s1. The number of rotatable bonds is 3. The number of anilines is 1. The van der Waals surface area contributed by atoms with Gasteiger partial charge in [0.25, 0.3) is 0 Å². The van der Waals surface area contributed by atoms with Gasteiger partial charge in [0.05, 0.1) is 11.8 Å². The Morgan fingerprint density at radius 1 is 1.24 bits per heavy atom. The van der Waals surface area contributed by atoms with Crippen LogP contribution in [0.3, 0.4) is 0 Å². The third-order valence-electron chi connectivity index (χ3n) is 4.54. The minimum atomic E-state index is -0.379. The summed E-state index contributed by atoms with van der Waals surface area (Å²) in [5.74, 6) is 1.13. The zero-order valence-corrected chi connectivity index (χ0v) is 12.4. The average molecular weight is 290 g/mol. The SMILES string of the molecule is Cc1ccc(N2CCC([C@@H]3CC[C@H](C(N)=O)O3)CC2)nn1. The van der Waals surface area contributed by atoms with Crippen LogP contribution >= 0.6 is 0 Å². The van der Waals surface area contributed by atoms with E-state index in [1.807, 2.05) is 19.1 Å². The minimum absolute atomic E-state index is 0.189. The molecule has 0 radical (unpaired) electrons. The number of carbonyl (C=O) groups is 1. The van der Waals surface area contributed by atoms with Gasteiger partial charge in [-0.2, -0.15) is 5.10 Å². The maximum atomic E-state index is 11.2. The molecule has 0 aromatic carbocycles. The van der Waals surface area contributed by atoms with Gasteiger partial charge < -0.3 is 15.4 Å². The van der Waals surface area contributed by atoms with Gasteiger partial charge in [0.1, 0.15) is 6.10 Å². The van der Waals surface area contributed by atoms with Gasteiger partial charge in [0.15, 0.2) is 5.82 Å². The van der Waals surface area contributed by atoms with Gasteiger partial charge in [-0.25, -0.2) is 0 Å². The zero-order chi connectivity index (χ0) is 14.8. The summed E-state index contributed by atoms with van der Waals surface area (Å²) in [7, 11) is 0. The molecule has 6 nitrogen and oxygen atoms in total. The van der Waals surface area contributed by atoms with Crippen LogP contribution in [0.4, 0.5) is 5.82 Å². The zero-order valence-electron chi connectivity index (χ0n) is 12.4. The van der Waals surface area contributed by atoms with Gasteiger partial charge in [0, 0.05) is 13.1 Å². The van der Waals surface area contributed by atoms with E-state index >= 15 is 0 Å². The van der Waals surface area contributed by atoms with Gasteiger partial charge in [-0.1, -0.05) is 0 Å². The first-order valence-electron chi connectivity index (χ1n) is 7.63. The van der Waals surface area contributed by atoms with Crippen molar-refractivity contribution < 1.29 is 9.53 Å². The number of amides is 1. The van der Waals surface area contributed by atoms with Crippen LogP contribution in [-0.2, 0) is 9.53 Å². The summed E-state index contributed by atoms with van der Waals surface area (Å²) < 4.78 is 5.80. The van der Waals surface area contributed by atoms with Crippen LogP contribution in [0.1, 0.15) is 31.4 Å². The molecule has 2 aliphatic heterocycles. The number of hydrogen-bond acceptors (Lipinski definition) is 5. The second kappa shape index (κ2) is 5.97. The smallest absolute Gasteiger partial charge is 0.246 e. The maximum Gasteiger partial charge on any atom is 0.246 e. The minimum Gasteiger partial charge on any atom is -0.367 e. The van der Waals surface area contributed by atoms with Gasteiger partial charge in [-0.05, 0) is 50.7 Å². The van der Waals surface area contributed by atoms with Gasteiger partial charge in [-0.3, -0.25) is 4.79 Å². The van der Waals surface area contributed by atoms with Crippen molar-refractivity contribution >= 4 is 11.7 Å². The first-order chi connectivity index (χ1) is 10.1. The highest BCUT2D eigenvalue weighted by atomic mass is 16.5. The molecule has 0 bridgehead atoms. The Bertz CT molecular complexity index is 497. The molecule has 1 amide bonds. The van der Waals surface area contributed by atoms with E-state index in [0.29, 0.717) is 5.92 Å². The summed E-state index contributed by atoms with van der Waals surface area (Å²) in [6.07, 6.45) is 3.65. The summed E-state index contributed by atoms with van der Waals surface area (Å²) in [6, 6.07) is 4.02. The van der Waals surface area contributed by atoms with Crippen LogP contribution in [0.5, 0.6) is 0 Å². The highest BCUT2D eigenvalue weighted by Gasteiger charge is 2.35. The number of carbonyl (C=O) groups excluding carboxylic acids is 1. The van der Waals surface area contributed by atoms with E-state index in [0.717, 1.165) is 50.3 Å². The van der Waals surface area contributed by atoms with Crippen molar-refractivity contribution in [3.05, 3.63) is 17.8 Å². The molecule has 2 atom stereocenters. The van der Waals surface area contributed by atoms with E-state index in [-0.39, 0.29) is 18.1 Å². The third kappa shape index (κ3) is 3.15. The van der Waals surface area contributed by atoms with Crippen molar-refractivity contribution in [1.82, 2.24) is 10.2 Å². The van der Waals surface area contributed by atoms with Crippen LogP contribution < -0.4 is 10.6 Å². The lowest BCUT2D eigenvalue weighted by Gasteiger charge is -2.35. The van der Waals surface area contributed by atoms with Crippen LogP contribution in [0.15, 0.2) is 12.1 Å². The molecular formula is C15H22N4O2. The third-order valence-corrected chi connectivity index (χ3v) is 4.54. The fourth-order valence-corrected chi connectivity index (χ4v) is 3.28. The molecule has 2 fully saturated rings. The van der Waals surface area contributed by atoms with Crippen molar-refractivity contribution in [3.63, 3.8) is 0 Å². The van der Waals surface area contributed by atoms with E-state index in [9.17, 15) is 4.79 Å². The molecule has 1 aromatic rings. The van der Waals surface area contributed by atoms with E-state index in [4.69, 9.17) is 10.5 Å². The molecule has 3 rings (SSSR count). The van der Waals surface area contributed by atoms with Crippen LogP contribution in [-0.4, -0.2) is 41.4 Å². The summed E-state index contributed by atoms with van der Waals surface area (Å²) in [6.45, 7) is 3.86. The number of aryl methyl sites for hydroxylation is 1. The van der Waals surface area contributed by atoms with Crippen molar-refractivity contribution in [3.8, 4) is 0 Å². The highest BCUT2D eigenvalue weighted by Crippen LogP contribution is 2.32. The number of ether oxygens (including phenoxy) is 1. The number of nitrogens with two attached hydrogens (primary N) is 1. The van der Waals surface area contributed by atoms with Gasteiger partial charge >= 0.3 is 0 Å². The summed E-state index contributed by atoms with van der Waals surface area (Å²) >= 11 is 0. The molecular weight excluding hydrogens is 268 g/mol. The Morgan fingerprint density at radius 3 is 2.57 bits per heavy atom. The number of primary amides is 1. The Kier molecular flexibility index (Phi) is 4.05. The average Bonchev–Trinajstić information content (AvgIpc) is 2.98. The monoisotopic (exact) mass is 290 g/mol. The second-order valence-corrected chi connectivity index (χ2v) is 6.00. The molecule has 3 heterocycles. The lowest BCUT2D eigenvalue weighted by molar-refractivity contribution is -0.130. The molecule has 0 aliphatic carbocycles. The number of aromatic nitrogens is 2. The lowest BCUT2D eigenvalue weighted by Crippen LogP contribution is -2.39. The van der Waals surface area contributed by atoms with Crippen LogP contribution in [0, 0.1) is 12.8 Å². The van der Waals surface area contributed by atoms with Crippen molar-refractivity contribution in [2.75, 3.05) is 18.0 Å². The molecule has 2 saturated heterocycles. The molecule has 1 aromatic heterocycles. The molecule has 0 saturated carbocycles. The molecule has 0 spiro atoms. The quantitative estimate of drug-likeness (QED) is 0.899. The van der Waals surface area contributed by atoms with Crippen molar-refractivity contribution in [2.24, 2.45) is 11.7 Å². The van der Waals surface area contributed by atoms with Crippen LogP contribution in [0.25, 0.3) is 0 Å². The normalized spacial score (nSPS) is 27.0. The number of hydrogen-bond donors (Lipinski definition) is 1. The van der Waals surface area contributed by atoms with E-state index in [1.54, 1.807) is 0 Å².